The summed E-state index contributed by atoms with van der Waals surface area (Å²) in [4.78, 5) is 0. The SMILES string of the molecule is C=CCOC[C@H]1O[C@H](O)[C@@H](O)[C@H]1O. The van der Waals surface area contributed by atoms with Crippen LogP contribution in [-0.4, -0.2) is 53.1 Å². The van der Waals surface area contributed by atoms with Crippen LogP contribution in [0.25, 0.3) is 0 Å². The van der Waals surface area contributed by atoms with Crippen molar-refractivity contribution in [3.8, 4) is 0 Å². The summed E-state index contributed by atoms with van der Waals surface area (Å²) in [6.45, 7) is 3.92. The quantitative estimate of drug-likeness (QED) is 0.376. The molecule has 1 heterocycles. The molecule has 0 unspecified atom stereocenters. The van der Waals surface area contributed by atoms with Crippen LogP contribution in [0.3, 0.4) is 0 Å². The molecule has 0 aromatic rings. The van der Waals surface area contributed by atoms with Gasteiger partial charge in [0.05, 0.1) is 13.2 Å². The number of hydrogen-bond donors (Lipinski definition) is 3. The second-order valence-electron chi connectivity index (χ2n) is 2.87. The molecule has 0 aliphatic carbocycles. The Morgan fingerprint density at radius 3 is 2.46 bits per heavy atom. The lowest BCUT2D eigenvalue weighted by Gasteiger charge is -2.13. The molecule has 3 N–H and O–H groups in total. The molecule has 0 amide bonds. The summed E-state index contributed by atoms with van der Waals surface area (Å²) in [5, 5.41) is 27.4. The van der Waals surface area contributed by atoms with E-state index in [1.54, 1.807) is 6.08 Å². The van der Waals surface area contributed by atoms with Crippen molar-refractivity contribution in [2.24, 2.45) is 0 Å². The minimum atomic E-state index is -1.33. The maximum Gasteiger partial charge on any atom is 0.184 e. The fourth-order valence-corrected chi connectivity index (χ4v) is 1.13. The van der Waals surface area contributed by atoms with E-state index in [1.807, 2.05) is 0 Å². The lowest BCUT2D eigenvalue weighted by Crippen LogP contribution is -2.34. The van der Waals surface area contributed by atoms with E-state index in [0.29, 0.717) is 6.61 Å². The predicted octanol–water partition coefficient (Wildman–Crippen LogP) is -1.37. The lowest BCUT2D eigenvalue weighted by atomic mass is 10.1. The van der Waals surface area contributed by atoms with Gasteiger partial charge in [-0.15, -0.1) is 6.58 Å². The first-order valence-electron chi connectivity index (χ1n) is 4.05. The molecule has 1 aliphatic heterocycles. The van der Waals surface area contributed by atoms with E-state index in [0.717, 1.165) is 0 Å². The fraction of sp³-hybridized carbons (Fsp3) is 0.750. The Labute approximate surface area is 76.2 Å². The predicted molar refractivity (Wildman–Crippen MR) is 43.9 cm³/mol. The maximum absolute atomic E-state index is 9.29. The molecule has 13 heavy (non-hydrogen) atoms. The third-order valence-corrected chi connectivity index (χ3v) is 1.86. The molecule has 0 bridgehead atoms. The van der Waals surface area contributed by atoms with E-state index in [-0.39, 0.29) is 6.61 Å². The standard InChI is InChI=1S/C8H14O5/c1-2-3-12-4-5-6(9)7(10)8(11)13-5/h2,5-11H,1,3-4H2/t5-,6+,7+,8+/m1/s1. The van der Waals surface area contributed by atoms with Crippen LogP contribution in [0.15, 0.2) is 12.7 Å². The summed E-state index contributed by atoms with van der Waals surface area (Å²) in [6, 6.07) is 0. The molecule has 0 saturated carbocycles. The van der Waals surface area contributed by atoms with E-state index in [9.17, 15) is 5.11 Å². The van der Waals surface area contributed by atoms with E-state index in [1.165, 1.54) is 0 Å². The van der Waals surface area contributed by atoms with Crippen molar-refractivity contribution in [1.29, 1.82) is 0 Å². The van der Waals surface area contributed by atoms with Gasteiger partial charge in [0.2, 0.25) is 0 Å². The van der Waals surface area contributed by atoms with Crippen LogP contribution in [0, 0.1) is 0 Å². The van der Waals surface area contributed by atoms with Gasteiger partial charge in [-0.2, -0.15) is 0 Å². The van der Waals surface area contributed by atoms with Crippen LogP contribution in [0.4, 0.5) is 0 Å². The Bertz CT molecular complexity index is 172. The summed E-state index contributed by atoms with van der Waals surface area (Å²) >= 11 is 0. The third-order valence-electron chi connectivity index (χ3n) is 1.86. The van der Waals surface area contributed by atoms with Gasteiger partial charge in [0.25, 0.3) is 0 Å². The maximum atomic E-state index is 9.29. The number of hydrogen-bond acceptors (Lipinski definition) is 5. The van der Waals surface area contributed by atoms with E-state index in [4.69, 9.17) is 19.7 Å². The Balaban J connectivity index is 2.31. The largest absolute Gasteiger partial charge is 0.387 e. The van der Waals surface area contributed by atoms with Gasteiger partial charge in [0.15, 0.2) is 6.29 Å². The molecule has 76 valence electrons. The highest BCUT2D eigenvalue weighted by atomic mass is 16.7. The van der Waals surface area contributed by atoms with Crippen molar-refractivity contribution in [2.45, 2.75) is 24.6 Å². The zero-order valence-electron chi connectivity index (χ0n) is 7.17. The number of rotatable bonds is 4. The molecule has 1 rings (SSSR count). The molecular weight excluding hydrogens is 176 g/mol. The van der Waals surface area contributed by atoms with E-state index in [2.05, 4.69) is 6.58 Å². The van der Waals surface area contributed by atoms with Gasteiger partial charge in [-0.05, 0) is 0 Å². The van der Waals surface area contributed by atoms with E-state index < -0.39 is 24.6 Å². The first-order valence-corrected chi connectivity index (χ1v) is 4.05. The molecule has 1 saturated heterocycles. The zero-order chi connectivity index (χ0) is 9.84. The van der Waals surface area contributed by atoms with Crippen molar-refractivity contribution < 1.29 is 24.8 Å². The summed E-state index contributed by atoms with van der Waals surface area (Å²) in [6.07, 6.45) is -2.79. The number of ether oxygens (including phenoxy) is 2. The summed E-state index contributed by atoms with van der Waals surface area (Å²) in [5.41, 5.74) is 0. The second-order valence-corrected chi connectivity index (χ2v) is 2.87. The third kappa shape index (κ3) is 2.49. The average Bonchev–Trinajstić information content (AvgIpc) is 2.34. The highest BCUT2D eigenvalue weighted by Gasteiger charge is 2.41. The molecule has 5 heteroatoms. The first kappa shape index (κ1) is 10.6. The van der Waals surface area contributed by atoms with Crippen molar-refractivity contribution in [3.63, 3.8) is 0 Å². The van der Waals surface area contributed by atoms with Gasteiger partial charge in [-0.25, -0.2) is 0 Å². The van der Waals surface area contributed by atoms with Crippen LogP contribution in [-0.2, 0) is 9.47 Å². The highest BCUT2D eigenvalue weighted by molar-refractivity contribution is 4.85. The smallest absolute Gasteiger partial charge is 0.184 e. The highest BCUT2D eigenvalue weighted by Crippen LogP contribution is 2.19. The van der Waals surface area contributed by atoms with Gasteiger partial charge in [0.1, 0.15) is 18.3 Å². The summed E-state index contributed by atoms with van der Waals surface area (Å²) < 4.78 is 9.84. The van der Waals surface area contributed by atoms with Crippen LogP contribution in [0.1, 0.15) is 0 Å². The van der Waals surface area contributed by atoms with Crippen molar-refractivity contribution >= 4 is 0 Å². The molecule has 5 nitrogen and oxygen atoms in total. The molecular formula is C8H14O5. The lowest BCUT2D eigenvalue weighted by molar-refractivity contribution is -0.136. The Morgan fingerprint density at radius 2 is 2.00 bits per heavy atom. The van der Waals surface area contributed by atoms with Crippen molar-refractivity contribution in [1.82, 2.24) is 0 Å². The van der Waals surface area contributed by atoms with Crippen LogP contribution >= 0.6 is 0 Å². The van der Waals surface area contributed by atoms with Crippen molar-refractivity contribution in [3.05, 3.63) is 12.7 Å². The molecule has 0 radical (unpaired) electrons. The molecule has 0 spiro atoms. The average molecular weight is 190 g/mol. The number of aliphatic hydroxyl groups is 3. The van der Waals surface area contributed by atoms with Gasteiger partial charge >= 0.3 is 0 Å². The number of aliphatic hydroxyl groups excluding tert-OH is 3. The molecule has 0 aromatic carbocycles. The Morgan fingerprint density at radius 1 is 1.31 bits per heavy atom. The zero-order valence-corrected chi connectivity index (χ0v) is 7.17. The fourth-order valence-electron chi connectivity index (χ4n) is 1.13. The van der Waals surface area contributed by atoms with Gasteiger partial charge in [-0.3, -0.25) is 0 Å². The first-order chi connectivity index (χ1) is 6.16. The second kappa shape index (κ2) is 4.69. The van der Waals surface area contributed by atoms with Gasteiger partial charge in [0, 0.05) is 0 Å². The molecule has 1 aliphatic rings. The van der Waals surface area contributed by atoms with Crippen LogP contribution in [0.5, 0.6) is 0 Å². The Kier molecular flexibility index (Phi) is 3.83. The van der Waals surface area contributed by atoms with Crippen LogP contribution < -0.4 is 0 Å². The summed E-state index contributed by atoms with van der Waals surface area (Å²) in [7, 11) is 0. The Hall–Kier alpha value is -0.460. The van der Waals surface area contributed by atoms with Crippen molar-refractivity contribution in [2.75, 3.05) is 13.2 Å². The minimum absolute atomic E-state index is 0.126. The van der Waals surface area contributed by atoms with Gasteiger partial charge in [-0.1, -0.05) is 6.08 Å². The molecule has 1 fully saturated rings. The molecule has 0 aromatic heterocycles. The molecule has 4 atom stereocenters. The summed E-state index contributed by atoms with van der Waals surface area (Å²) in [5.74, 6) is 0. The van der Waals surface area contributed by atoms with Crippen LogP contribution in [0.2, 0.25) is 0 Å². The minimum Gasteiger partial charge on any atom is -0.387 e. The topological polar surface area (TPSA) is 79.2 Å². The monoisotopic (exact) mass is 190 g/mol. The van der Waals surface area contributed by atoms with E-state index >= 15 is 0 Å². The van der Waals surface area contributed by atoms with Gasteiger partial charge < -0.3 is 24.8 Å². The normalized spacial score (nSPS) is 39.3.